The number of rotatable bonds is 4. The minimum Gasteiger partial charge on any atom is -0.466 e. The van der Waals surface area contributed by atoms with Gasteiger partial charge in [0.2, 0.25) is 0 Å². The van der Waals surface area contributed by atoms with Crippen molar-refractivity contribution in [1.29, 1.82) is 5.26 Å². The van der Waals surface area contributed by atoms with Gasteiger partial charge in [0.25, 0.3) is 0 Å². The van der Waals surface area contributed by atoms with Crippen molar-refractivity contribution in [3.8, 4) is 6.07 Å². The molecule has 0 atom stereocenters. The monoisotopic (exact) mass is 233 g/mol. The van der Waals surface area contributed by atoms with E-state index in [2.05, 4.69) is 0 Å². The van der Waals surface area contributed by atoms with Crippen molar-refractivity contribution < 1.29 is 14.6 Å². The predicted octanol–water partition coefficient (Wildman–Crippen LogP) is 1.46. The maximum absolute atomic E-state index is 11.3. The van der Waals surface area contributed by atoms with Crippen LogP contribution in [0.15, 0.2) is 12.1 Å². The molecule has 0 amide bonds. The van der Waals surface area contributed by atoms with Gasteiger partial charge in [-0.2, -0.15) is 5.26 Å². The zero-order chi connectivity index (χ0) is 12.8. The van der Waals surface area contributed by atoms with Gasteiger partial charge in [0.15, 0.2) is 0 Å². The fourth-order valence-corrected chi connectivity index (χ4v) is 1.71. The first-order chi connectivity index (χ1) is 8.12. The number of carbonyl (C=O) groups excluding carboxylic acids is 1. The number of aliphatic hydroxyl groups excluding tert-OH is 1. The first kappa shape index (κ1) is 13.2. The topological polar surface area (TPSA) is 70.3 Å². The second-order valence-electron chi connectivity index (χ2n) is 3.70. The molecule has 1 N–H and O–H groups in total. The zero-order valence-electron chi connectivity index (χ0n) is 9.99. The molecule has 0 aliphatic rings. The van der Waals surface area contributed by atoms with Crippen molar-refractivity contribution in [1.82, 2.24) is 0 Å². The van der Waals surface area contributed by atoms with Crippen molar-refractivity contribution in [2.24, 2.45) is 0 Å². The van der Waals surface area contributed by atoms with Crippen LogP contribution in [0.2, 0.25) is 0 Å². The molecule has 0 aliphatic heterocycles. The average molecular weight is 233 g/mol. The molecule has 1 rings (SSSR count). The van der Waals surface area contributed by atoms with Gasteiger partial charge in [-0.1, -0.05) is 12.1 Å². The Bertz CT molecular complexity index is 460. The normalized spacial score (nSPS) is 9.76. The van der Waals surface area contributed by atoms with Crippen LogP contribution in [0.1, 0.15) is 29.2 Å². The van der Waals surface area contributed by atoms with Crippen LogP contribution in [0.5, 0.6) is 0 Å². The highest BCUT2D eigenvalue weighted by atomic mass is 16.5. The largest absolute Gasteiger partial charge is 0.466 e. The number of nitrogens with zero attached hydrogens (tertiary/aromatic N) is 1. The van der Waals surface area contributed by atoms with Crippen LogP contribution in [0, 0.1) is 18.3 Å². The Balaban J connectivity index is 3.00. The van der Waals surface area contributed by atoms with Crippen LogP contribution >= 0.6 is 0 Å². The molecular formula is C13H15NO3. The lowest BCUT2D eigenvalue weighted by molar-refractivity contribution is -0.142. The number of benzene rings is 1. The summed E-state index contributed by atoms with van der Waals surface area (Å²) in [6.45, 7) is 3.68. The molecule has 17 heavy (non-hydrogen) atoms. The Kier molecular flexibility index (Phi) is 4.68. The Morgan fingerprint density at radius 1 is 1.53 bits per heavy atom. The molecule has 1 aromatic rings. The summed E-state index contributed by atoms with van der Waals surface area (Å²) < 4.78 is 4.85. The van der Waals surface area contributed by atoms with Gasteiger partial charge in [-0.3, -0.25) is 4.79 Å². The van der Waals surface area contributed by atoms with Crippen molar-refractivity contribution in [2.75, 3.05) is 6.61 Å². The molecule has 90 valence electrons. The summed E-state index contributed by atoms with van der Waals surface area (Å²) in [6.07, 6.45) is 0.160. The first-order valence-corrected chi connectivity index (χ1v) is 5.41. The Morgan fingerprint density at radius 2 is 2.24 bits per heavy atom. The third-order valence-electron chi connectivity index (χ3n) is 2.41. The second kappa shape index (κ2) is 6.02. The van der Waals surface area contributed by atoms with Crippen LogP contribution in [-0.4, -0.2) is 17.7 Å². The van der Waals surface area contributed by atoms with Gasteiger partial charge in [0.05, 0.1) is 31.3 Å². The van der Waals surface area contributed by atoms with Crippen LogP contribution < -0.4 is 0 Å². The summed E-state index contributed by atoms with van der Waals surface area (Å²) in [5.74, 6) is -0.305. The molecule has 0 saturated carbocycles. The smallest absolute Gasteiger partial charge is 0.310 e. The van der Waals surface area contributed by atoms with Crippen molar-refractivity contribution in [3.05, 3.63) is 34.4 Å². The summed E-state index contributed by atoms with van der Waals surface area (Å²) >= 11 is 0. The summed E-state index contributed by atoms with van der Waals surface area (Å²) in [5.41, 5.74) is 2.54. The van der Waals surface area contributed by atoms with E-state index in [1.807, 2.05) is 6.07 Å². The first-order valence-electron chi connectivity index (χ1n) is 5.41. The van der Waals surface area contributed by atoms with E-state index in [-0.39, 0.29) is 19.0 Å². The van der Waals surface area contributed by atoms with E-state index < -0.39 is 0 Å². The van der Waals surface area contributed by atoms with Gasteiger partial charge in [-0.05, 0) is 30.5 Å². The molecule has 1 aromatic carbocycles. The standard InChI is InChI=1S/C13H15NO3/c1-3-17-13(16)6-10-4-9(2)12(7-14)11(5-10)8-15/h4-5,15H,3,6,8H2,1-2H3. The third kappa shape index (κ3) is 3.30. The second-order valence-corrected chi connectivity index (χ2v) is 3.70. The number of ether oxygens (including phenoxy) is 1. The van der Waals surface area contributed by atoms with Gasteiger partial charge in [-0.15, -0.1) is 0 Å². The minimum atomic E-state index is -0.305. The molecule has 4 nitrogen and oxygen atoms in total. The molecule has 0 saturated heterocycles. The van der Waals surface area contributed by atoms with E-state index in [0.29, 0.717) is 17.7 Å². The van der Waals surface area contributed by atoms with Crippen LogP contribution in [-0.2, 0) is 22.6 Å². The highest BCUT2D eigenvalue weighted by Crippen LogP contribution is 2.17. The van der Waals surface area contributed by atoms with Crippen LogP contribution in [0.4, 0.5) is 0 Å². The lowest BCUT2D eigenvalue weighted by Gasteiger charge is -2.08. The van der Waals surface area contributed by atoms with Gasteiger partial charge < -0.3 is 9.84 Å². The molecule has 0 spiro atoms. The number of aryl methyl sites for hydroxylation is 1. The van der Waals surface area contributed by atoms with Crippen molar-refractivity contribution >= 4 is 5.97 Å². The SMILES string of the molecule is CCOC(=O)Cc1cc(C)c(C#N)c(CO)c1. The summed E-state index contributed by atoms with van der Waals surface area (Å²) in [6, 6.07) is 5.49. The fraction of sp³-hybridized carbons (Fsp3) is 0.385. The number of hydrogen-bond acceptors (Lipinski definition) is 4. The highest BCUT2D eigenvalue weighted by molar-refractivity contribution is 5.73. The molecule has 0 aliphatic carbocycles. The van der Waals surface area contributed by atoms with Gasteiger partial charge in [0.1, 0.15) is 0 Å². The van der Waals surface area contributed by atoms with E-state index in [0.717, 1.165) is 11.1 Å². The third-order valence-corrected chi connectivity index (χ3v) is 2.41. The lowest BCUT2D eigenvalue weighted by Crippen LogP contribution is -2.08. The number of aliphatic hydroxyl groups is 1. The molecule has 0 unspecified atom stereocenters. The molecule has 4 heteroatoms. The molecular weight excluding hydrogens is 218 g/mol. The van der Waals surface area contributed by atoms with Gasteiger partial charge >= 0.3 is 5.97 Å². The predicted molar refractivity (Wildman–Crippen MR) is 62.2 cm³/mol. The number of esters is 1. The Hall–Kier alpha value is -1.86. The van der Waals surface area contributed by atoms with E-state index in [1.165, 1.54) is 0 Å². The van der Waals surface area contributed by atoms with E-state index in [1.54, 1.807) is 26.0 Å². The average Bonchev–Trinajstić information content (AvgIpc) is 2.28. The van der Waals surface area contributed by atoms with Crippen molar-refractivity contribution in [2.45, 2.75) is 26.9 Å². The quantitative estimate of drug-likeness (QED) is 0.799. The van der Waals surface area contributed by atoms with E-state index in [4.69, 9.17) is 15.1 Å². The van der Waals surface area contributed by atoms with Crippen LogP contribution in [0.25, 0.3) is 0 Å². The van der Waals surface area contributed by atoms with E-state index >= 15 is 0 Å². The number of nitriles is 1. The minimum absolute atomic E-state index is 0.160. The summed E-state index contributed by atoms with van der Waals surface area (Å²) in [7, 11) is 0. The Morgan fingerprint density at radius 3 is 2.76 bits per heavy atom. The zero-order valence-corrected chi connectivity index (χ0v) is 9.99. The van der Waals surface area contributed by atoms with E-state index in [9.17, 15) is 4.79 Å². The van der Waals surface area contributed by atoms with Crippen LogP contribution in [0.3, 0.4) is 0 Å². The summed E-state index contributed by atoms with van der Waals surface area (Å²) in [4.78, 5) is 11.3. The number of hydrogen-bond donors (Lipinski definition) is 1. The molecule has 0 heterocycles. The number of carbonyl (C=O) groups is 1. The van der Waals surface area contributed by atoms with Crippen molar-refractivity contribution in [3.63, 3.8) is 0 Å². The Labute approximate surface area is 100 Å². The fourth-order valence-electron chi connectivity index (χ4n) is 1.71. The molecule has 0 aromatic heterocycles. The maximum Gasteiger partial charge on any atom is 0.310 e. The lowest BCUT2D eigenvalue weighted by atomic mass is 9.98. The van der Waals surface area contributed by atoms with Gasteiger partial charge in [-0.25, -0.2) is 0 Å². The highest BCUT2D eigenvalue weighted by Gasteiger charge is 2.10. The van der Waals surface area contributed by atoms with Gasteiger partial charge in [0, 0.05) is 0 Å². The molecule has 0 radical (unpaired) electrons. The molecule has 0 bridgehead atoms. The maximum atomic E-state index is 11.3. The summed E-state index contributed by atoms with van der Waals surface area (Å²) in [5, 5.41) is 18.1. The molecule has 0 fully saturated rings.